The van der Waals surface area contributed by atoms with Gasteiger partial charge < -0.3 is 20.4 Å². The second-order valence-electron chi connectivity index (χ2n) is 11.3. The SMILES string of the molecule is CI.CI.O=C(NCCCN1CCCC1)C1C(c2ccccc2)C(C(=O)NCCCN2CCCC2)C1c1ccccc1. The predicted octanol–water partition coefficient (Wildman–Crippen LogP) is 6.11. The first-order chi connectivity index (χ1) is 20.7. The number of carbonyl (C=O) groups is 2. The van der Waals surface area contributed by atoms with E-state index in [0.29, 0.717) is 13.1 Å². The van der Waals surface area contributed by atoms with Gasteiger partial charge in [0.1, 0.15) is 0 Å². The average Bonchev–Trinajstić information content (AvgIpc) is 3.75. The maximum Gasteiger partial charge on any atom is 0.224 e. The molecule has 6 nitrogen and oxygen atoms in total. The molecule has 2 N–H and O–H groups in total. The Bertz CT molecular complexity index is 939. The van der Waals surface area contributed by atoms with E-state index in [-0.39, 0.29) is 35.5 Å². The van der Waals surface area contributed by atoms with Crippen LogP contribution in [0.5, 0.6) is 0 Å². The molecule has 1 saturated carbocycles. The Morgan fingerprint density at radius 3 is 1.29 bits per heavy atom. The summed E-state index contributed by atoms with van der Waals surface area (Å²) < 4.78 is 0. The van der Waals surface area contributed by atoms with Crippen molar-refractivity contribution in [1.29, 1.82) is 0 Å². The number of nitrogens with zero attached hydrogens (tertiary/aromatic N) is 2. The number of hydrogen-bond acceptors (Lipinski definition) is 4. The Labute approximate surface area is 281 Å². The summed E-state index contributed by atoms with van der Waals surface area (Å²) in [6, 6.07) is 20.4. The lowest BCUT2D eigenvalue weighted by atomic mass is 9.52. The Balaban J connectivity index is 0.00000116. The number of benzene rings is 2. The van der Waals surface area contributed by atoms with Crippen LogP contribution >= 0.6 is 45.2 Å². The maximum atomic E-state index is 13.7. The first-order valence-electron chi connectivity index (χ1n) is 15.6. The molecule has 2 heterocycles. The predicted molar refractivity (Wildman–Crippen MR) is 192 cm³/mol. The van der Waals surface area contributed by atoms with Crippen molar-refractivity contribution < 1.29 is 9.59 Å². The molecule has 0 atom stereocenters. The van der Waals surface area contributed by atoms with E-state index < -0.39 is 0 Å². The van der Waals surface area contributed by atoms with Gasteiger partial charge in [0, 0.05) is 24.9 Å². The number of carbonyl (C=O) groups excluding carboxylic acids is 2. The molecule has 2 aromatic carbocycles. The maximum absolute atomic E-state index is 13.7. The molecule has 232 valence electrons. The lowest BCUT2D eigenvalue weighted by Crippen LogP contribution is -2.56. The highest BCUT2D eigenvalue weighted by Crippen LogP contribution is 2.57. The minimum absolute atomic E-state index is 0.0761. The third kappa shape index (κ3) is 9.89. The van der Waals surface area contributed by atoms with Crippen LogP contribution in [0.25, 0.3) is 0 Å². The van der Waals surface area contributed by atoms with E-state index in [9.17, 15) is 9.59 Å². The van der Waals surface area contributed by atoms with E-state index >= 15 is 0 Å². The van der Waals surface area contributed by atoms with Crippen LogP contribution in [-0.2, 0) is 9.59 Å². The fourth-order valence-electron chi connectivity index (χ4n) is 6.86. The molecule has 0 aromatic heterocycles. The highest BCUT2D eigenvalue weighted by molar-refractivity contribution is 14.1. The summed E-state index contributed by atoms with van der Waals surface area (Å²) in [4.78, 5) is 36.3. The van der Waals surface area contributed by atoms with E-state index in [1.807, 2.05) is 46.3 Å². The van der Waals surface area contributed by atoms with Gasteiger partial charge in [0.25, 0.3) is 0 Å². The first kappa shape index (κ1) is 35.2. The molecule has 0 bridgehead atoms. The van der Waals surface area contributed by atoms with Crippen LogP contribution in [0, 0.1) is 11.8 Å². The second-order valence-corrected chi connectivity index (χ2v) is 11.3. The van der Waals surface area contributed by atoms with Gasteiger partial charge in [-0.1, -0.05) is 106 Å². The first-order valence-corrected chi connectivity index (χ1v) is 19.9. The van der Waals surface area contributed by atoms with Crippen LogP contribution in [0.2, 0.25) is 0 Å². The van der Waals surface area contributed by atoms with Gasteiger partial charge >= 0.3 is 0 Å². The minimum atomic E-state index is -0.257. The summed E-state index contributed by atoms with van der Waals surface area (Å²) in [6.45, 7) is 8.16. The van der Waals surface area contributed by atoms with Crippen molar-refractivity contribution in [1.82, 2.24) is 20.4 Å². The third-order valence-corrected chi connectivity index (χ3v) is 8.82. The van der Waals surface area contributed by atoms with Crippen LogP contribution in [-0.4, -0.2) is 83.8 Å². The number of alkyl halides is 2. The monoisotopic (exact) mass is 800 g/mol. The van der Waals surface area contributed by atoms with Gasteiger partial charge in [0.15, 0.2) is 0 Å². The Morgan fingerprint density at radius 2 is 0.952 bits per heavy atom. The summed E-state index contributed by atoms with van der Waals surface area (Å²) in [5, 5.41) is 6.50. The van der Waals surface area contributed by atoms with Crippen molar-refractivity contribution in [3.63, 3.8) is 0 Å². The zero-order chi connectivity index (χ0) is 30.2. The van der Waals surface area contributed by atoms with Gasteiger partial charge in [0.2, 0.25) is 11.8 Å². The second kappa shape index (κ2) is 19.9. The molecule has 2 amide bonds. The normalized spacial score (nSPS) is 23.5. The zero-order valence-electron chi connectivity index (χ0n) is 25.4. The summed E-state index contributed by atoms with van der Waals surface area (Å²) in [5.41, 5.74) is 2.16. The van der Waals surface area contributed by atoms with Crippen LogP contribution in [0.15, 0.2) is 60.7 Å². The van der Waals surface area contributed by atoms with E-state index in [1.54, 1.807) is 0 Å². The lowest BCUT2D eigenvalue weighted by molar-refractivity contribution is -0.140. The molecule has 1 aliphatic carbocycles. The highest BCUT2D eigenvalue weighted by Gasteiger charge is 2.57. The third-order valence-electron chi connectivity index (χ3n) is 8.82. The number of hydrogen-bond donors (Lipinski definition) is 2. The van der Waals surface area contributed by atoms with Crippen LogP contribution < -0.4 is 10.6 Å². The number of likely N-dealkylation sites (tertiary alicyclic amines) is 2. The van der Waals surface area contributed by atoms with Crippen molar-refractivity contribution in [3.8, 4) is 0 Å². The largest absolute Gasteiger partial charge is 0.356 e. The molecule has 8 heteroatoms. The minimum Gasteiger partial charge on any atom is -0.356 e. The lowest BCUT2D eigenvalue weighted by Gasteiger charge is -2.50. The molecule has 2 saturated heterocycles. The Kier molecular flexibility index (Phi) is 16.7. The van der Waals surface area contributed by atoms with Crippen molar-refractivity contribution in [3.05, 3.63) is 71.8 Å². The molecule has 0 unspecified atom stereocenters. The number of amides is 2. The zero-order valence-corrected chi connectivity index (χ0v) is 29.8. The average molecular weight is 801 g/mol. The standard InChI is InChI=1S/C32H44N4O2.2CH3I/c37-31(33-17-11-23-35-19-7-8-20-35)29-27(25-13-3-1-4-14-25)30(28(29)26-15-5-2-6-16-26)32(38)34-18-12-24-36-21-9-10-22-36;2*1-2/h1-6,13-16,27-30H,7-12,17-24H2,(H,33,37)(H,34,38);2*1H3. The Morgan fingerprint density at radius 1 is 0.619 bits per heavy atom. The molecule has 42 heavy (non-hydrogen) atoms. The summed E-state index contributed by atoms with van der Waals surface area (Å²) in [7, 11) is 0. The van der Waals surface area contributed by atoms with E-state index in [0.717, 1.165) is 37.1 Å². The van der Waals surface area contributed by atoms with E-state index in [2.05, 4.69) is 89.9 Å². The molecule has 2 aliphatic heterocycles. The molecule has 5 rings (SSSR count). The quantitative estimate of drug-likeness (QED) is 0.155. The molecule has 3 aliphatic rings. The van der Waals surface area contributed by atoms with E-state index in [1.165, 1.54) is 51.9 Å². The smallest absolute Gasteiger partial charge is 0.224 e. The molecule has 3 fully saturated rings. The van der Waals surface area contributed by atoms with E-state index in [4.69, 9.17) is 0 Å². The summed E-state index contributed by atoms with van der Waals surface area (Å²) in [5.74, 6) is -0.615. The van der Waals surface area contributed by atoms with Crippen molar-refractivity contribution in [2.45, 2.75) is 50.4 Å². The van der Waals surface area contributed by atoms with Gasteiger partial charge in [-0.15, -0.1) is 0 Å². The van der Waals surface area contributed by atoms with Crippen molar-refractivity contribution >= 4 is 57.0 Å². The van der Waals surface area contributed by atoms with Gasteiger partial charge in [-0.2, -0.15) is 0 Å². The summed E-state index contributed by atoms with van der Waals surface area (Å²) in [6.07, 6.45) is 7.07. The van der Waals surface area contributed by atoms with Crippen LogP contribution in [0.3, 0.4) is 0 Å². The van der Waals surface area contributed by atoms with Gasteiger partial charge in [-0.3, -0.25) is 9.59 Å². The molecular weight excluding hydrogens is 750 g/mol. The summed E-state index contributed by atoms with van der Waals surface area (Å²) >= 11 is 4.30. The topological polar surface area (TPSA) is 64.7 Å². The fourth-order valence-corrected chi connectivity index (χ4v) is 6.86. The fraction of sp³-hybridized carbons (Fsp3) is 0.588. The number of halogens is 2. The molecular formula is C34H50I2N4O2. The highest BCUT2D eigenvalue weighted by atomic mass is 127. The number of rotatable bonds is 12. The Hall–Kier alpha value is -1.24. The van der Waals surface area contributed by atoms with Gasteiger partial charge in [0.05, 0.1) is 11.8 Å². The molecule has 2 aromatic rings. The number of nitrogens with one attached hydrogen (secondary N) is 2. The van der Waals surface area contributed by atoms with Crippen molar-refractivity contribution in [2.75, 3.05) is 62.2 Å². The van der Waals surface area contributed by atoms with Crippen LogP contribution in [0.1, 0.15) is 61.5 Å². The van der Waals surface area contributed by atoms with Gasteiger partial charge in [-0.05, 0) is 98.8 Å². The van der Waals surface area contributed by atoms with Gasteiger partial charge in [-0.25, -0.2) is 0 Å². The molecule has 0 radical (unpaired) electrons. The van der Waals surface area contributed by atoms with Crippen molar-refractivity contribution in [2.24, 2.45) is 11.8 Å². The molecule has 0 spiro atoms. The van der Waals surface area contributed by atoms with Crippen LogP contribution in [0.4, 0.5) is 0 Å².